The highest BCUT2D eigenvalue weighted by molar-refractivity contribution is 7.19. The van der Waals surface area contributed by atoms with Crippen molar-refractivity contribution in [3.05, 3.63) is 51.9 Å². The summed E-state index contributed by atoms with van der Waals surface area (Å²) >= 11 is 1.46. The number of aromatic nitrogens is 2. The largest absolute Gasteiger partial charge is 0.370 e. The summed E-state index contributed by atoms with van der Waals surface area (Å²) < 4.78 is 2.32. The van der Waals surface area contributed by atoms with Crippen LogP contribution in [0.5, 0.6) is 0 Å². The second-order valence-corrected chi connectivity index (χ2v) is 10.5. The summed E-state index contributed by atoms with van der Waals surface area (Å²) in [6.45, 7) is 6.56. The first-order chi connectivity index (χ1) is 15.5. The van der Waals surface area contributed by atoms with Gasteiger partial charge in [0.1, 0.15) is 11.0 Å². The Kier molecular flexibility index (Phi) is 5.79. The topological polar surface area (TPSA) is 41.4 Å². The Labute approximate surface area is 193 Å². The molecule has 1 saturated carbocycles. The molecule has 3 aromatic rings. The number of hydrogen-bond acceptors (Lipinski definition) is 5. The van der Waals surface area contributed by atoms with Crippen molar-refractivity contribution in [1.82, 2.24) is 14.5 Å². The predicted molar refractivity (Wildman–Crippen MR) is 133 cm³/mol. The van der Waals surface area contributed by atoms with Crippen molar-refractivity contribution < 1.29 is 0 Å². The lowest BCUT2D eigenvalue weighted by molar-refractivity contribution is 0.360. The lowest BCUT2D eigenvalue weighted by atomic mass is 9.90. The second-order valence-electron chi connectivity index (χ2n) is 9.42. The van der Waals surface area contributed by atoms with Gasteiger partial charge in [-0.3, -0.25) is 9.36 Å². The van der Waals surface area contributed by atoms with E-state index in [4.69, 9.17) is 0 Å². The molecule has 5 nitrogen and oxygen atoms in total. The summed E-state index contributed by atoms with van der Waals surface area (Å²) in [5.41, 5.74) is 2.89. The Hall–Kier alpha value is -2.62. The van der Waals surface area contributed by atoms with E-state index in [1.165, 1.54) is 49.1 Å². The van der Waals surface area contributed by atoms with Crippen LogP contribution in [0.25, 0.3) is 15.9 Å². The highest BCUT2D eigenvalue weighted by Crippen LogP contribution is 2.37. The minimum atomic E-state index is -0.0238. The summed E-state index contributed by atoms with van der Waals surface area (Å²) in [5, 5.41) is 0. The molecule has 0 bridgehead atoms. The molecule has 0 atom stereocenters. The lowest BCUT2D eigenvalue weighted by Gasteiger charge is -2.23. The number of thiophene rings is 1. The van der Waals surface area contributed by atoms with Crippen molar-refractivity contribution in [1.29, 1.82) is 0 Å². The first-order valence-corrected chi connectivity index (χ1v) is 12.4. The molecule has 1 aromatic carbocycles. The molecule has 3 heterocycles. The van der Waals surface area contributed by atoms with E-state index in [0.717, 1.165) is 42.3 Å². The van der Waals surface area contributed by atoms with Gasteiger partial charge >= 0.3 is 0 Å². The minimum absolute atomic E-state index is 0.0238. The number of nitrogens with zero attached hydrogens (tertiary/aromatic N) is 4. The zero-order valence-corrected chi connectivity index (χ0v) is 19.7. The summed E-state index contributed by atoms with van der Waals surface area (Å²) in [5.74, 6) is 6.79. The van der Waals surface area contributed by atoms with E-state index in [-0.39, 0.29) is 11.0 Å². The van der Waals surface area contributed by atoms with Gasteiger partial charge in [-0.05, 0) is 70.1 Å². The third kappa shape index (κ3) is 4.32. The molecular formula is C26H30N4OS. The number of fused-ring (bicyclic) bond motifs is 1. The van der Waals surface area contributed by atoms with Crippen LogP contribution in [0, 0.1) is 17.3 Å². The molecule has 32 heavy (non-hydrogen) atoms. The summed E-state index contributed by atoms with van der Waals surface area (Å²) in [4.78, 5) is 23.5. The van der Waals surface area contributed by atoms with E-state index in [2.05, 4.69) is 52.7 Å². The average molecular weight is 447 g/mol. The Morgan fingerprint density at radius 2 is 1.75 bits per heavy atom. The Morgan fingerprint density at radius 3 is 2.53 bits per heavy atom. The molecule has 6 heteroatoms. The number of rotatable bonds is 2. The Morgan fingerprint density at radius 1 is 1.00 bits per heavy atom. The third-order valence-corrected chi connectivity index (χ3v) is 7.87. The molecule has 2 aliphatic rings. The van der Waals surface area contributed by atoms with Crippen molar-refractivity contribution in [3.63, 3.8) is 0 Å². The molecule has 0 unspecified atom stereocenters. The van der Waals surface area contributed by atoms with Crippen LogP contribution >= 0.6 is 11.3 Å². The standard InChI is InChI=1S/C26H30N4OS/c1-26(11-3-4-12-26)13-10-22-18-23-24(32-22)25(31)30(19-27-23)21-8-6-20(7-9-21)29-15-5-14-28(2)16-17-29/h6-9,18-19H,3-5,11-12,14-17H2,1-2H3. The molecule has 166 valence electrons. The van der Waals surface area contributed by atoms with Crippen LogP contribution in [-0.2, 0) is 0 Å². The molecule has 0 spiro atoms. The van der Waals surface area contributed by atoms with Crippen molar-refractivity contribution in [3.8, 4) is 17.5 Å². The number of hydrogen-bond donors (Lipinski definition) is 0. The number of likely N-dealkylation sites (N-methyl/N-ethyl adjacent to an activating group) is 1. The smallest absolute Gasteiger partial charge is 0.275 e. The maximum atomic E-state index is 13.2. The molecule has 0 N–H and O–H groups in total. The SMILES string of the molecule is CN1CCCN(c2ccc(-n3cnc4cc(C#CC5(C)CCCC5)sc4c3=O)cc2)CC1. The van der Waals surface area contributed by atoms with Crippen molar-refractivity contribution in [2.45, 2.75) is 39.0 Å². The molecule has 5 rings (SSSR count). The van der Waals surface area contributed by atoms with Crippen molar-refractivity contribution >= 4 is 27.2 Å². The molecule has 1 aliphatic carbocycles. The van der Waals surface area contributed by atoms with Gasteiger partial charge in [-0.1, -0.05) is 24.7 Å². The molecule has 1 saturated heterocycles. The van der Waals surface area contributed by atoms with E-state index >= 15 is 0 Å². The van der Waals surface area contributed by atoms with Gasteiger partial charge in [0.05, 0.1) is 16.1 Å². The molecule has 0 amide bonds. The fourth-order valence-electron chi connectivity index (χ4n) is 4.78. The highest BCUT2D eigenvalue weighted by atomic mass is 32.1. The minimum Gasteiger partial charge on any atom is -0.370 e. The summed E-state index contributed by atoms with van der Waals surface area (Å²) in [7, 11) is 2.18. The van der Waals surface area contributed by atoms with Crippen LogP contribution < -0.4 is 10.5 Å². The van der Waals surface area contributed by atoms with Crippen molar-refractivity contribution in [2.24, 2.45) is 5.41 Å². The normalized spacial score (nSPS) is 19.0. The van der Waals surface area contributed by atoms with Crippen LogP contribution in [0.4, 0.5) is 5.69 Å². The average Bonchev–Trinajstić information content (AvgIpc) is 3.36. The Balaban J connectivity index is 1.40. The highest BCUT2D eigenvalue weighted by Gasteiger charge is 2.26. The molecular weight excluding hydrogens is 416 g/mol. The van der Waals surface area contributed by atoms with Crippen LogP contribution in [-0.4, -0.2) is 47.7 Å². The zero-order chi connectivity index (χ0) is 22.1. The zero-order valence-electron chi connectivity index (χ0n) is 18.9. The van der Waals surface area contributed by atoms with Crippen LogP contribution in [0.1, 0.15) is 43.9 Å². The maximum Gasteiger partial charge on any atom is 0.275 e. The van der Waals surface area contributed by atoms with Gasteiger partial charge in [-0.25, -0.2) is 4.98 Å². The lowest BCUT2D eigenvalue weighted by Crippen LogP contribution is -2.28. The van der Waals surface area contributed by atoms with E-state index < -0.39 is 0 Å². The monoisotopic (exact) mass is 446 g/mol. The van der Waals surface area contributed by atoms with E-state index in [1.54, 1.807) is 10.9 Å². The Bertz CT molecular complexity index is 1220. The van der Waals surface area contributed by atoms with Crippen LogP contribution in [0.15, 0.2) is 41.5 Å². The van der Waals surface area contributed by atoms with Crippen LogP contribution in [0.3, 0.4) is 0 Å². The fraction of sp³-hybridized carbons (Fsp3) is 0.462. The van der Waals surface area contributed by atoms with Gasteiger partial charge in [0.25, 0.3) is 5.56 Å². The first kappa shape index (κ1) is 21.2. The molecule has 2 fully saturated rings. The number of anilines is 1. The first-order valence-electron chi connectivity index (χ1n) is 11.6. The van der Waals surface area contributed by atoms with E-state index in [1.807, 2.05) is 18.2 Å². The van der Waals surface area contributed by atoms with Gasteiger partial charge in [0.2, 0.25) is 0 Å². The van der Waals surface area contributed by atoms with E-state index in [0.29, 0.717) is 4.70 Å². The van der Waals surface area contributed by atoms with Gasteiger partial charge in [-0.15, -0.1) is 11.3 Å². The van der Waals surface area contributed by atoms with Crippen LogP contribution in [0.2, 0.25) is 0 Å². The van der Waals surface area contributed by atoms with Gasteiger partial charge in [0, 0.05) is 30.7 Å². The van der Waals surface area contributed by atoms with E-state index in [9.17, 15) is 4.79 Å². The fourth-order valence-corrected chi connectivity index (χ4v) is 5.67. The second kappa shape index (κ2) is 8.73. The van der Waals surface area contributed by atoms with Gasteiger partial charge < -0.3 is 9.80 Å². The summed E-state index contributed by atoms with van der Waals surface area (Å²) in [6, 6.07) is 10.2. The van der Waals surface area contributed by atoms with Gasteiger partial charge in [0.15, 0.2) is 0 Å². The quantitative estimate of drug-likeness (QED) is 0.543. The predicted octanol–water partition coefficient (Wildman–Crippen LogP) is 4.52. The van der Waals surface area contributed by atoms with Gasteiger partial charge in [-0.2, -0.15) is 0 Å². The maximum absolute atomic E-state index is 13.2. The third-order valence-electron chi connectivity index (χ3n) is 6.84. The van der Waals surface area contributed by atoms with Crippen molar-refractivity contribution in [2.75, 3.05) is 38.1 Å². The molecule has 1 aliphatic heterocycles. The number of benzene rings is 1. The molecule has 0 radical (unpaired) electrons. The molecule has 2 aromatic heterocycles. The summed E-state index contributed by atoms with van der Waals surface area (Å²) in [6.07, 6.45) is 7.67.